The maximum absolute atomic E-state index is 4.66. The average molecular weight is 251 g/mol. The van der Waals surface area contributed by atoms with E-state index in [4.69, 9.17) is 0 Å². The summed E-state index contributed by atoms with van der Waals surface area (Å²) in [6, 6.07) is 6.86. The molecule has 1 N–H and O–H groups in total. The minimum absolute atomic E-state index is 0.647. The standard InChI is InChI=1S/C13H21N3S/c1-3-8-14-12-5-4-6-13(15-12)16(2)11-7-9-17-10-11/h4-6,11H,3,7-10H2,1-2H3,(H,14,15). The zero-order chi connectivity index (χ0) is 12.1. The van der Waals surface area contributed by atoms with E-state index in [0.717, 1.165) is 24.6 Å². The molecule has 0 aromatic carbocycles. The van der Waals surface area contributed by atoms with Gasteiger partial charge < -0.3 is 10.2 Å². The molecular formula is C13H21N3S. The van der Waals surface area contributed by atoms with Crippen LogP contribution in [0.15, 0.2) is 18.2 Å². The monoisotopic (exact) mass is 251 g/mol. The van der Waals surface area contributed by atoms with E-state index >= 15 is 0 Å². The van der Waals surface area contributed by atoms with Gasteiger partial charge in [0.25, 0.3) is 0 Å². The van der Waals surface area contributed by atoms with Gasteiger partial charge in [-0.05, 0) is 30.7 Å². The van der Waals surface area contributed by atoms with Crippen LogP contribution in [0, 0.1) is 0 Å². The Hall–Kier alpha value is -0.900. The summed E-state index contributed by atoms with van der Waals surface area (Å²) in [4.78, 5) is 6.98. The summed E-state index contributed by atoms with van der Waals surface area (Å²) in [6.07, 6.45) is 2.40. The van der Waals surface area contributed by atoms with Crippen LogP contribution in [0.25, 0.3) is 0 Å². The highest BCUT2D eigenvalue weighted by molar-refractivity contribution is 7.99. The zero-order valence-corrected chi connectivity index (χ0v) is 11.5. The lowest BCUT2D eigenvalue weighted by atomic mass is 10.2. The molecule has 0 amide bonds. The number of rotatable bonds is 5. The summed E-state index contributed by atoms with van der Waals surface area (Å²) >= 11 is 2.04. The number of nitrogens with zero attached hydrogens (tertiary/aromatic N) is 2. The molecule has 1 saturated heterocycles. The van der Waals surface area contributed by atoms with Gasteiger partial charge in [0.05, 0.1) is 0 Å². The number of pyridine rings is 1. The molecular weight excluding hydrogens is 230 g/mol. The molecule has 0 bridgehead atoms. The molecule has 1 atom stereocenters. The summed E-state index contributed by atoms with van der Waals surface area (Å²) in [5.74, 6) is 4.58. The van der Waals surface area contributed by atoms with Crippen molar-refractivity contribution in [3.63, 3.8) is 0 Å². The number of aromatic nitrogens is 1. The van der Waals surface area contributed by atoms with E-state index in [9.17, 15) is 0 Å². The van der Waals surface area contributed by atoms with E-state index in [0.29, 0.717) is 6.04 Å². The zero-order valence-electron chi connectivity index (χ0n) is 10.6. The normalized spacial score (nSPS) is 19.3. The summed E-state index contributed by atoms with van der Waals surface area (Å²) in [5, 5.41) is 3.34. The number of hydrogen-bond acceptors (Lipinski definition) is 4. The van der Waals surface area contributed by atoms with E-state index < -0.39 is 0 Å². The van der Waals surface area contributed by atoms with Crippen molar-refractivity contribution in [3.05, 3.63) is 18.2 Å². The summed E-state index contributed by atoms with van der Waals surface area (Å²) in [6.45, 7) is 3.15. The molecule has 1 aromatic rings. The van der Waals surface area contributed by atoms with Gasteiger partial charge in [0.2, 0.25) is 0 Å². The van der Waals surface area contributed by atoms with E-state index in [2.05, 4.69) is 41.3 Å². The first-order valence-electron chi connectivity index (χ1n) is 6.32. The minimum atomic E-state index is 0.647. The van der Waals surface area contributed by atoms with Crippen LogP contribution in [-0.4, -0.2) is 36.1 Å². The first-order valence-corrected chi connectivity index (χ1v) is 7.48. The molecule has 3 nitrogen and oxygen atoms in total. The lowest BCUT2D eigenvalue weighted by Gasteiger charge is -2.25. The van der Waals surface area contributed by atoms with Crippen LogP contribution in [0.4, 0.5) is 11.6 Å². The summed E-state index contributed by atoms with van der Waals surface area (Å²) in [5.41, 5.74) is 0. The van der Waals surface area contributed by atoms with E-state index in [1.54, 1.807) is 0 Å². The average Bonchev–Trinajstić information content (AvgIpc) is 2.89. The fourth-order valence-corrected chi connectivity index (χ4v) is 3.25. The van der Waals surface area contributed by atoms with Gasteiger partial charge in [0, 0.05) is 25.4 Å². The third-order valence-electron chi connectivity index (χ3n) is 3.11. The molecule has 2 rings (SSSR count). The molecule has 0 aliphatic carbocycles. The molecule has 94 valence electrons. The Bertz CT molecular complexity index is 350. The number of anilines is 2. The molecule has 0 radical (unpaired) electrons. The Morgan fingerprint density at radius 2 is 2.41 bits per heavy atom. The van der Waals surface area contributed by atoms with Gasteiger partial charge in [-0.2, -0.15) is 11.8 Å². The topological polar surface area (TPSA) is 28.2 Å². The first-order chi connectivity index (χ1) is 8.31. The molecule has 0 saturated carbocycles. The lowest BCUT2D eigenvalue weighted by molar-refractivity contribution is 0.692. The molecule has 2 heterocycles. The van der Waals surface area contributed by atoms with Crippen LogP contribution >= 0.6 is 11.8 Å². The van der Waals surface area contributed by atoms with Crippen LogP contribution in [-0.2, 0) is 0 Å². The Morgan fingerprint density at radius 3 is 3.12 bits per heavy atom. The van der Waals surface area contributed by atoms with Crippen molar-refractivity contribution in [2.24, 2.45) is 0 Å². The second-order valence-corrected chi connectivity index (χ2v) is 5.59. The third kappa shape index (κ3) is 3.28. The van der Waals surface area contributed by atoms with Crippen LogP contribution in [0.3, 0.4) is 0 Å². The van der Waals surface area contributed by atoms with Crippen molar-refractivity contribution < 1.29 is 0 Å². The van der Waals surface area contributed by atoms with E-state index in [1.807, 2.05) is 17.8 Å². The van der Waals surface area contributed by atoms with Crippen LogP contribution in [0.1, 0.15) is 19.8 Å². The Labute approximate surface area is 108 Å². The van der Waals surface area contributed by atoms with Crippen molar-refractivity contribution in [2.45, 2.75) is 25.8 Å². The SMILES string of the molecule is CCCNc1cccc(N(C)C2CCSC2)n1. The molecule has 17 heavy (non-hydrogen) atoms. The van der Waals surface area contributed by atoms with Crippen molar-refractivity contribution in [1.29, 1.82) is 0 Å². The fourth-order valence-electron chi connectivity index (χ4n) is 1.99. The van der Waals surface area contributed by atoms with Crippen LogP contribution in [0.2, 0.25) is 0 Å². The van der Waals surface area contributed by atoms with Gasteiger partial charge in [0.15, 0.2) is 0 Å². The van der Waals surface area contributed by atoms with Gasteiger partial charge >= 0.3 is 0 Å². The Kier molecular flexibility index (Phi) is 4.54. The molecule has 1 aliphatic rings. The van der Waals surface area contributed by atoms with Crippen molar-refractivity contribution in [2.75, 3.05) is 35.3 Å². The fraction of sp³-hybridized carbons (Fsp3) is 0.615. The minimum Gasteiger partial charge on any atom is -0.370 e. The maximum Gasteiger partial charge on any atom is 0.130 e. The highest BCUT2D eigenvalue weighted by Crippen LogP contribution is 2.25. The van der Waals surface area contributed by atoms with E-state index in [1.165, 1.54) is 17.9 Å². The summed E-state index contributed by atoms with van der Waals surface area (Å²) < 4.78 is 0. The van der Waals surface area contributed by atoms with Gasteiger partial charge in [0.1, 0.15) is 11.6 Å². The number of nitrogens with one attached hydrogen (secondary N) is 1. The highest BCUT2D eigenvalue weighted by atomic mass is 32.2. The number of hydrogen-bond donors (Lipinski definition) is 1. The van der Waals surface area contributed by atoms with Crippen molar-refractivity contribution >= 4 is 23.4 Å². The molecule has 1 fully saturated rings. The largest absolute Gasteiger partial charge is 0.370 e. The number of thioether (sulfide) groups is 1. The smallest absolute Gasteiger partial charge is 0.130 e. The maximum atomic E-state index is 4.66. The van der Waals surface area contributed by atoms with Crippen molar-refractivity contribution in [1.82, 2.24) is 4.98 Å². The highest BCUT2D eigenvalue weighted by Gasteiger charge is 2.20. The lowest BCUT2D eigenvalue weighted by Crippen LogP contribution is -2.32. The predicted octanol–water partition coefficient (Wildman–Crippen LogP) is 2.85. The quantitative estimate of drug-likeness (QED) is 0.871. The van der Waals surface area contributed by atoms with E-state index in [-0.39, 0.29) is 0 Å². The Morgan fingerprint density at radius 1 is 1.53 bits per heavy atom. The van der Waals surface area contributed by atoms with Gasteiger partial charge in [-0.25, -0.2) is 4.98 Å². The predicted molar refractivity (Wildman–Crippen MR) is 77.2 cm³/mol. The molecule has 1 unspecified atom stereocenters. The molecule has 1 aliphatic heterocycles. The second-order valence-electron chi connectivity index (χ2n) is 4.44. The molecule has 0 spiro atoms. The molecule has 4 heteroatoms. The van der Waals surface area contributed by atoms with Gasteiger partial charge in [-0.1, -0.05) is 13.0 Å². The Balaban J connectivity index is 2.03. The van der Waals surface area contributed by atoms with Crippen molar-refractivity contribution in [3.8, 4) is 0 Å². The summed E-state index contributed by atoms with van der Waals surface area (Å²) in [7, 11) is 2.16. The van der Waals surface area contributed by atoms with Crippen LogP contribution in [0.5, 0.6) is 0 Å². The van der Waals surface area contributed by atoms with Gasteiger partial charge in [-0.3, -0.25) is 0 Å². The molecule has 1 aromatic heterocycles. The first kappa shape index (κ1) is 12.6. The third-order valence-corrected chi connectivity index (χ3v) is 4.25. The van der Waals surface area contributed by atoms with Crippen LogP contribution < -0.4 is 10.2 Å². The second kappa shape index (κ2) is 6.15. The van der Waals surface area contributed by atoms with Gasteiger partial charge in [-0.15, -0.1) is 0 Å².